The van der Waals surface area contributed by atoms with Gasteiger partial charge in [0.05, 0.1) is 27.8 Å². The molecule has 4 heteroatoms. The van der Waals surface area contributed by atoms with E-state index in [1.54, 1.807) is 0 Å². The second kappa shape index (κ2) is 5.90. The Bertz CT molecular complexity index is 1230. The van der Waals surface area contributed by atoms with E-state index in [-0.39, 0.29) is 16.7 Å². The van der Waals surface area contributed by atoms with Crippen LogP contribution in [0.2, 0.25) is 0 Å². The lowest BCUT2D eigenvalue weighted by atomic mass is 9.63. The van der Waals surface area contributed by atoms with Gasteiger partial charge < -0.3 is 5.32 Å². The van der Waals surface area contributed by atoms with Crippen LogP contribution in [0.1, 0.15) is 61.7 Å². The molecule has 0 radical (unpaired) electrons. The molecular weight excluding hydrogens is 370 g/mol. The van der Waals surface area contributed by atoms with E-state index in [0.717, 1.165) is 46.5 Å². The van der Waals surface area contributed by atoms with E-state index in [1.807, 2.05) is 31.2 Å². The van der Waals surface area contributed by atoms with E-state index in [1.165, 1.54) is 11.1 Å². The molecule has 2 aliphatic carbocycles. The molecule has 1 amide bonds. The fourth-order valence-electron chi connectivity index (χ4n) is 5.80. The largest absolute Gasteiger partial charge is 0.325 e. The molecule has 1 N–H and O–H groups in total. The van der Waals surface area contributed by atoms with Gasteiger partial charge in [0.2, 0.25) is 5.91 Å². The first-order valence-corrected chi connectivity index (χ1v) is 10.8. The molecule has 1 aromatic heterocycles. The highest BCUT2D eigenvalue weighted by molar-refractivity contribution is 6.02. The number of carbonyl (C=O) groups excluding carboxylic acids is 1. The topological polar surface area (TPSA) is 54.9 Å². The van der Waals surface area contributed by atoms with Gasteiger partial charge in [0.15, 0.2) is 0 Å². The smallest absolute Gasteiger partial charge is 0.237 e. The molecule has 2 atom stereocenters. The molecule has 1 saturated carbocycles. The van der Waals surface area contributed by atoms with E-state index in [2.05, 4.69) is 52.1 Å². The lowest BCUT2D eigenvalue weighted by Crippen LogP contribution is -2.48. The van der Waals surface area contributed by atoms with Gasteiger partial charge >= 0.3 is 0 Å². The van der Waals surface area contributed by atoms with Crippen LogP contribution in [0.5, 0.6) is 0 Å². The van der Waals surface area contributed by atoms with Gasteiger partial charge in [-0.15, -0.1) is 0 Å². The summed E-state index contributed by atoms with van der Waals surface area (Å²) < 4.78 is 0. The lowest BCUT2D eigenvalue weighted by molar-refractivity contribution is -0.125. The predicted octanol–water partition coefficient (Wildman–Crippen LogP) is 5.52. The molecule has 1 heterocycles. The number of nitrogens with one attached hydrogen (secondary N) is 1. The van der Waals surface area contributed by atoms with Crippen molar-refractivity contribution in [1.82, 2.24) is 9.97 Å². The molecule has 2 bridgehead atoms. The third-order valence-corrected chi connectivity index (χ3v) is 8.43. The lowest BCUT2D eigenvalue weighted by Gasteiger charge is -2.39. The molecule has 0 spiro atoms. The minimum Gasteiger partial charge on any atom is -0.325 e. The van der Waals surface area contributed by atoms with Crippen LogP contribution in [0.25, 0.3) is 11.0 Å². The number of benzene rings is 2. The molecule has 154 valence electrons. The summed E-state index contributed by atoms with van der Waals surface area (Å²) in [6.07, 6.45) is 1.74. The Morgan fingerprint density at radius 1 is 0.867 bits per heavy atom. The van der Waals surface area contributed by atoms with Crippen molar-refractivity contribution in [2.24, 2.45) is 5.41 Å². The minimum atomic E-state index is -0.681. The van der Waals surface area contributed by atoms with Crippen LogP contribution >= 0.6 is 0 Å². The van der Waals surface area contributed by atoms with Crippen LogP contribution in [-0.2, 0) is 15.6 Å². The normalized spacial score (nSPS) is 26.1. The Labute approximate surface area is 178 Å². The standard InChI is InChI=1S/C26H29N3O/c1-15-9-7-8-10-18(15)29-23(30)26-12-11-25(6,24(26,4)5)21-22(26)28-20-14-17(3)16(2)13-19(20)27-21/h7-10,13-14H,11-12H2,1-6H3,(H,29,30). The summed E-state index contributed by atoms with van der Waals surface area (Å²) in [4.78, 5) is 24.2. The van der Waals surface area contributed by atoms with Gasteiger partial charge in [0.1, 0.15) is 0 Å². The monoisotopic (exact) mass is 399 g/mol. The molecule has 30 heavy (non-hydrogen) atoms. The third kappa shape index (κ3) is 2.14. The van der Waals surface area contributed by atoms with Crippen molar-refractivity contribution in [3.63, 3.8) is 0 Å². The SMILES string of the molecule is Cc1cc2nc3c(nc2cc1C)C1(C(=O)Nc2ccccc2C)CCC3(C)C1(C)C. The first-order chi connectivity index (χ1) is 14.1. The van der Waals surface area contributed by atoms with Crippen molar-refractivity contribution in [3.8, 4) is 0 Å². The molecule has 2 aromatic carbocycles. The fourth-order valence-corrected chi connectivity index (χ4v) is 5.80. The van der Waals surface area contributed by atoms with E-state index >= 15 is 0 Å². The number of hydrogen-bond acceptors (Lipinski definition) is 3. The maximum absolute atomic E-state index is 13.9. The zero-order valence-corrected chi connectivity index (χ0v) is 18.7. The Hall–Kier alpha value is -2.75. The maximum Gasteiger partial charge on any atom is 0.237 e. The van der Waals surface area contributed by atoms with Gasteiger partial charge in [-0.2, -0.15) is 0 Å². The van der Waals surface area contributed by atoms with E-state index < -0.39 is 5.41 Å². The highest BCUT2D eigenvalue weighted by atomic mass is 16.2. The molecule has 0 saturated heterocycles. The Balaban J connectivity index is 1.73. The zero-order valence-electron chi connectivity index (χ0n) is 18.7. The van der Waals surface area contributed by atoms with Crippen molar-refractivity contribution >= 4 is 22.6 Å². The van der Waals surface area contributed by atoms with Gasteiger partial charge in [-0.25, -0.2) is 9.97 Å². The molecule has 4 nitrogen and oxygen atoms in total. The van der Waals surface area contributed by atoms with Crippen molar-refractivity contribution in [2.75, 3.05) is 5.32 Å². The van der Waals surface area contributed by atoms with Crippen molar-refractivity contribution in [3.05, 3.63) is 64.5 Å². The average molecular weight is 400 g/mol. The van der Waals surface area contributed by atoms with Crippen LogP contribution in [0.4, 0.5) is 5.69 Å². The summed E-state index contributed by atoms with van der Waals surface area (Å²) in [5, 5.41) is 3.25. The number of aromatic nitrogens is 2. The summed E-state index contributed by atoms with van der Waals surface area (Å²) in [6.45, 7) is 13.0. The van der Waals surface area contributed by atoms with Crippen LogP contribution < -0.4 is 5.32 Å². The number of rotatable bonds is 2. The number of aryl methyl sites for hydroxylation is 3. The summed E-state index contributed by atoms with van der Waals surface area (Å²) in [5.74, 6) is 0.0433. The second-order valence-corrected chi connectivity index (χ2v) is 9.98. The minimum absolute atomic E-state index is 0.0433. The molecule has 1 fully saturated rings. The van der Waals surface area contributed by atoms with Crippen LogP contribution in [-0.4, -0.2) is 15.9 Å². The molecular formula is C26H29N3O. The summed E-state index contributed by atoms with van der Waals surface area (Å²) >= 11 is 0. The average Bonchev–Trinajstić information content (AvgIpc) is 2.99. The number of para-hydroxylation sites is 1. The predicted molar refractivity (Wildman–Crippen MR) is 121 cm³/mol. The Morgan fingerprint density at radius 3 is 2.10 bits per heavy atom. The van der Waals surface area contributed by atoms with Gasteiger partial charge in [-0.05, 0) is 73.9 Å². The fraction of sp³-hybridized carbons (Fsp3) is 0.423. The van der Waals surface area contributed by atoms with E-state index in [9.17, 15) is 4.79 Å². The van der Waals surface area contributed by atoms with Gasteiger partial charge in [-0.1, -0.05) is 39.0 Å². The molecule has 0 aliphatic heterocycles. The highest BCUT2D eigenvalue weighted by Gasteiger charge is 2.73. The number of fused-ring (bicyclic) bond motifs is 6. The van der Waals surface area contributed by atoms with Crippen molar-refractivity contribution in [1.29, 1.82) is 0 Å². The van der Waals surface area contributed by atoms with Gasteiger partial charge in [0.25, 0.3) is 0 Å². The van der Waals surface area contributed by atoms with E-state index in [0.29, 0.717) is 0 Å². The number of amides is 1. The molecule has 5 rings (SSSR count). The molecule has 3 aromatic rings. The van der Waals surface area contributed by atoms with Crippen molar-refractivity contribution < 1.29 is 4.79 Å². The summed E-state index contributed by atoms with van der Waals surface area (Å²) in [6, 6.07) is 12.2. The second-order valence-electron chi connectivity index (χ2n) is 9.98. The van der Waals surface area contributed by atoms with Gasteiger partial charge in [0, 0.05) is 11.1 Å². The number of anilines is 1. The first kappa shape index (κ1) is 19.2. The summed E-state index contributed by atoms with van der Waals surface area (Å²) in [5.41, 5.74) is 6.91. The van der Waals surface area contributed by atoms with Gasteiger partial charge in [-0.3, -0.25) is 4.79 Å². The first-order valence-electron chi connectivity index (χ1n) is 10.8. The highest BCUT2D eigenvalue weighted by Crippen LogP contribution is 2.70. The zero-order chi connectivity index (χ0) is 21.5. The molecule has 2 unspecified atom stereocenters. The number of hydrogen-bond donors (Lipinski definition) is 1. The van der Waals surface area contributed by atoms with Crippen molar-refractivity contribution in [2.45, 2.75) is 65.2 Å². The third-order valence-electron chi connectivity index (χ3n) is 8.43. The van der Waals surface area contributed by atoms with E-state index in [4.69, 9.17) is 9.97 Å². The van der Waals surface area contributed by atoms with Crippen LogP contribution in [0, 0.1) is 26.2 Å². The summed E-state index contributed by atoms with van der Waals surface area (Å²) in [7, 11) is 0. The number of nitrogens with zero attached hydrogens (tertiary/aromatic N) is 2. The maximum atomic E-state index is 13.9. The van der Waals surface area contributed by atoms with Crippen LogP contribution in [0.15, 0.2) is 36.4 Å². The quantitative estimate of drug-likeness (QED) is 0.617. The molecule has 2 aliphatic rings. The Kier molecular flexibility index (Phi) is 3.78. The van der Waals surface area contributed by atoms with Crippen LogP contribution in [0.3, 0.4) is 0 Å². The Morgan fingerprint density at radius 2 is 1.47 bits per heavy atom. The number of carbonyl (C=O) groups is 1.